The first-order valence-electron chi connectivity index (χ1n) is 4.74. The topological polar surface area (TPSA) is 78.9 Å². The maximum atomic E-state index is 13.0. The van der Waals surface area contributed by atoms with E-state index in [1.807, 2.05) is 0 Å². The van der Waals surface area contributed by atoms with Crippen molar-refractivity contribution in [3.05, 3.63) is 42.0 Å². The third kappa shape index (κ3) is 2.75. The first kappa shape index (κ1) is 11.0. The number of hydrogen-bond donors (Lipinski definition) is 2. The van der Waals surface area contributed by atoms with Crippen LogP contribution in [0.1, 0.15) is 5.82 Å². The van der Waals surface area contributed by atoms with E-state index in [1.54, 1.807) is 12.1 Å². The van der Waals surface area contributed by atoms with E-state index < -0.39 is 5.97 Å². The SMILES string of the molecule is O=C(O)C=Cc1nc(-c2cccc(F)c2)n[nH]1. The molecule has 0 fully saturated rings. The van der Waals surface area contributed by atoms with Crippen LogP contribution in [-0.2, 0) is 4.79 Å². The number of nitrogens with zero attached hydrogens (tertiary/aromatic N) is 2. The number of hydrogen-bond acceptors (Lipinski definition) is 3. The smallest absolute Gasteiger partial charge is 0.328 e. The lowest BCUT2D eigenvalue weighted by Crippen LogP contribution is -1.86. The largest absolute Gasteiger partial charge is 0.478 e. The Morgan fingerprint density at radius 3 is 3.00 bits per heavy atom. The number of carboxylic acids is 1. The molecule has 1 aromatic carbocycles. The molecule has 1 heterocycles. The zero-order valence-electron chi connectivity index (χ0n) is 8.59. The number of H-pyrrole nitrogens is 1. The monoisotopic (exact) mass is 233 g/mol. The normalized spacial score (nSPS) is 10.9. The molecule has 86 valence electrons. The number of carbonyl (C=O) groups is 1. The summed E-state index contributed by atoms with van der Waals surface area (Å²) in [5.41, 5.74) is 0.524. The summed E-state index contributed by atoms with van der Waals surface area (Å²) >= 11 is 0. The second-order valence-electron chi connectivity index (χ2n) is 3.23. The van der Waals surface area contributed by atoms with Gasteiger partial charge in [0.05, 0.1) is 0 Å². The van der Waals surface area contributed by atoms with Crippen molar-refractivity contribution in [1.82, 2.24) is 15.2 Å². The average Bonchev–Trinajstić information content (AvgIpc) is 2.75. The Bertz CT molecular complexity index is 578. The zero-order valence-corrected chi connectivity index (χ0v) is 8.59. The quantitative estimate of drug-likeness (QED) is 0.791. The van der Waals surface area contributed by atoms with E-state index in [0.29, 0.717) is 17.2 Å². The van der Waals surface area contributed by atoms with Crippen molar-refractivity contribution in [1.29, 1.82) is 0 Å². The maximum absolute atomic E-state index is 13.0. The van der Waals surface area contributed by atoms with E-state index in [4.69, 9.17) is 5.11 Å². The molecule has 0 saturated carbocycles. The van der Waals surface area contributed by atoms with E-state index in [1.165, 1.54) is 18.2 Å². The van der Waals surface area contributed by atoms with Crippen LogP contribution in [0, 0.1) is 5.82 Å². The van der Waals surface area contributed by atoms with Gasteiger partial charge in [-0.1, -0.05) is 12.1 Å². The van der Waals surface area contributed by atoms with Gasteiger partial charge in [-0.3, -0.25) is 5.10 Å². The number of carboxylic acid groups (broad SMARTS) is 1. The van der Waals surface area contributed by atoms with Gasteiger partial charge in [-0.05, 0) is 18.2 Å². The van der Waals surface area contributed by atoms with Crippen molar-refractivity contribution in [2.45, 2.75) is 0 Å². The van der Waals surface area contributed by atoms with Crippen molar-refractivity contribution >= 4 is 12.0 Å². The standard InChI is InChI=1S/C11H8FN3O2/c12-8-3-1-2-7(6-8)11-13-9(14-15-11)4-5-10(16)17/h1-6H,(H,16,17)(H,13,14,15). The van der Waals surface area contributed by atoms with Crippen LogP contribution in [-0.4, -0.2) is 26.3 Å². The molecule has 0 saturated heterocycles. The fraction of sp³-hybridized carbons (Fsp3) is 0. The summed E-state index contributed by atoms with van der Waals surface area (Å²) < 4.78 is 13.0. The number of rotatable bonds is 3. The summed E-state index contributed by atoms with van der Waals surface area (Å²) in [7, 11) is 0. The van der Waals surface area contributed by atoms with Crippen LogP contribution in [0.3, 0.4) is 0 Å². The van der Waals surface area contributed by atoms with Gasteiger partial charge in [0.1, 0.15) is 11.6 Å². The molecule has 17 heavy (non-hydrogen) atoms. The van der Waals surface area contributed by atoms with Crippen molar-refractivity contribution in [2.24, 2.45) is 0 Å². The van der Waals surface area contributed by atoms with Gasteiger partial charge in [0.2, 0.25) is 0 Å². The Balaban J connectivity index is 2.27. The Hall–Kier alpha value is -2.50. The van der Waals surface area contributed by atoms with Crippen LogP contribution in [0.5, 0.6) is 0 Å². The highest BCUT2D eigenvalue weighted by atomic mass is 19.1. The zero-order chi connectivity index (χ0) is 12.3. The second kappa shape index (κ2) is 4.56. The molecule has 0 aliphatic carbocycles. The number of benzene rings is 1. The van der Waals surface area contributed by atoms with Crippen molar-refractivity contribution < 1.29 is 14.3 Å². The Kier molecular flexibility index (Phi) is 2.95. The maximum Gasteiger partial charge on any atom is 0.328 e. The van der Waals surface area contributed by atoms with E-state index >= 15 is 0 Å². The molecule has 0 atom stereocenters. The van der Waals surface area contributed by atoms with Gasteiger partial charge < -0.3 is 5.11 Å². The van der Waals surface area contributed by atoms with Gasteiger partial charge in [0, 0.05) is 11.6 Å². The van der Waals surface area contributed by atoms with E-state index in [9.17, 15) is 9.18 Å². The van der Waals surface area contributed by atoms with E-state index in [-0.39, 0.29) is 5.82 Å². The molecule has 0 aliphatic rings. The minimum atomic E-state index is -1.08. The molecule has 0 spiro atoms. The molecular weight excluding hydrogens is 225 g/mol. The van der Waals surface area contributed by atoms with Crippen LogP contribution in [0.15, 0.2) is 30.3 Å². The highest BCUT2D eigenvalue weighted by Crippen LogP contribution is 2.15. The van der Waals surface area contributed by atoms with E-state index in [0.717, 1.165) is 6.08 Å². The van der Waals surface area contributed by atoms with Gasteiger partial charge in [-0.2, -0.15) is 5.10 Å². The van der Waals surface area contributed by atoms with E-state index in [2.05, 4.69) is 15.2 Å². The fourth-order valence-corrected chi connectivity index (χ4v) is 1.26. The number of halogens is 1. The molecule has 2 aromatic rings. The molecule has 6 heteroatoms. The molecule has 2 rings (SSSR count). The predicted molar refractivity (Wildman–Crippen MR) is 58.4 cm³/mol. The number of aromatic amines is 1. The van der Waals surface area contributed by atoms with Crippen molar-refractivity contribution in [3.8, 4) is 11.4 Å². The Morgan fingerprint density at radius 2 is 2.29 bits per heavy atom. The van der Waals surface area contributed by atoms with Crippen LogP contribution in [0.4, 0.5) is 4.39 Å². The molecular formula is C11H8FN3O2. The van der Waals surface area contributed by atoms with Gasteiger partial charge in [-0.15, -0.1) is 0 Å². The number of aromatic nitrogens is 3. The van der Waals surface area contributed by atoms with Crippen molar-refractivity contribution in [3.63, 3.8) is 0 Å². The Labute approximate surface area is 95.6 Å². The minimum absolute atomic E-state index is 0.298. The summed E-state index contributed by atoms with van der Waals surface area (Å²) in [6, 6.07) is 5.83. The van der Waals surface area contributed by atoms with Crippen LogP contribution in [0.2, 0.25) is 0 Å². The van der Waals surface area contributed by atoms with Crippen molar-refractivity contribution in [2.75, 3.05) is 0 Å². The summed E-state index contributed by atoms with van der Waals surface area (Å²) in [5.74, 6) is -0.843. The molecule has 0 amide bonds. The summed E-state index contributed by atoms with van der Waals surface area (Å²) in [5, 5.41) is 14.8. The molecule has 2 N–H and O–H groups in total. The lowest BCUT2D eigenvalue weighted by atomic mass is 10.2. The van der Waals surface area contributed by atoms with Crippen LogP contribution >= 0.6 is 0 Å². The highest BCUT2D eigenvalue weighted by molar-refractivity contribution is 5.84. The fourth-order valence-electron chi connectivity index (χ4n) is 1.26. The molecule has 0 aliphatic heterocycles. The predicted octanol–water partition coefficient (Wildman–Crippen LogP) is 1.71. The van der Waals surface area contributed by atoms with Gasteiger partial charge >= 0.3 is 5.97 Å². The number of nitrogens with one attached hydrogen (secondary N) is 1. The lowest BCUT2D eigenvalue weighted by molar-refractivity contribution is -0.131. The third-order valence-corrected chi connectivity index (χ3v) is 1.97. The summed E-state index contributed by atoms with van der Waals surface area (Å²) in [6.45, 7) is 0. The average molecular weight is 233 g/mol. The van der Waals surface area contributed by atoms with Crippen LogP contribution in [0.25, 0.3) is 17.5 Å². The van der Waals surface area contributed by atoms with Gasteiger partial charge in [0.15, 0.2) is 5.82 Å². The summed E-state index contributed by atoms with van der Waals surface area (Å²) in [6.07, 6.45) is 2.22. The lowest BCUT2D eigenvalue weighted by Gasteiger charge is -1.93. The number of aliphatic carboxylic acids is 1. The Morgan fingerprint density at radius 1 is 1.47 bits per heavy atom. The molecule has 1 aromatic heterocycles. The van der Waals surface area contributed by atoms with Gasteiger partial charge in [0.25, 0.3) is 0 Å². The molecule has 0 bridgehead atoms. The highest BCUT2D eigenvalue weighted by Gasteiger charge is 2.05. The molecule has 5 nitrogen and oxygen atoms in total. The first-order valence-corrected chi connectivity index (χ1v) is 4.74. The summed E-state index contributed by atoms with van der Waals surface area (Å²) in [4.78, 5) is 14.3. The first-order chi connectivity index (χ1) is 8.15. The van der Waals surface area contributed by atoms with Gasteiger partial charge in [-0.25, -0.2) is 14.2 Å². The molecule has 0 unspecified atom stereocenters. The van der Waals surface area contributed by atoms with Crippen LogP contribution < -0.4 is 0 Å². The third-order valence-electron chi connectivity index (χ3n) is 1.97. The minimum Gasteiger partial charge on any atom is -0.478 e. The second-order valence-corrected chi connectivity index (χ2v) is 3.23. The molecule has 0 radical (unpaired) electrons.